The van der Waals surface area contributed by atoms with Gasteiger partial charge in [-0.15, -0.1) is 0 Å². The lowest BCUT2D eigenvalue weighted by molar-refractivity contribution is 0.0948. The minimum Gasteiger partial charge on any atom is -0.497 e. The van der Waals surface area contributed by atoms with E-state index in [0.29, 0.717) is 22.8 Å². The molecule has 1 aromatic heterocycles. The minimum atomic E-state index is -3.80. The maximum atomic E-state index is 12.7. The lowest BCUT2D eigenvalue weighted by Crippen LogP contribution is -2.48. The summed E-state index contributed by atoms with van der Waals surface area (Å²) in [6.07, 6.45) is 0. The smallest absolute Gasteiger partial charge is 0.261 e. The molecule has 1 fully saturated rings. The number of ether oxygens (including phenoxy) is 1. The number of carbonyl (C=O) groups excluding carboxylic acids is 1. The molecule has 2 heterocycles. The number of piperazine rings is 1. The number of sulfonamides is 1. The molecule has 1 aliphatic rings. The van der Waals surface area contributed by atoms with E-state index in [4.69, 9.17) is 21.3 Å². The average molecular weight is 586 g/mol. The summed E-state index contributed by atoms with van der Waals surface area (Å²) in [5.41, 5.74) is 1.66. The lowest BCUT2D eigenvalue weighted by Gasteiger charge is -2.34. The number of fused-ring (bicyclic) bond motifs is 1. The molecule has 0 unspecified atom stereocenters. The molecule has 1 aliphatic heterocycles. The van der Waals surface area contributed by atoms with Crippen LogP contribution in [0.15, 0.2) is 71.6 Å². The Morgan fingerprint density at radius 3 is 2.56 bits per heavy atom. The van der Waals surface area contributed by atoms with Gasteiger partial charge in [0.15, 0.2) is 5.13 Å². The predicted molar refractivity (Wildman–Crippen MR) is 156 cm³/mol. The Balaban J connectivity index is 1.10. The molecule has 4 aromatic rings. The van der Waals surface area contributed by atoms with Gasteiger partial charge < -0.3 is 15.0 Å². The van der Waals surface area contributed by atoms with Crippen molar-refractivity contribution in [3.63, 3.8) is 0 Å². The number of amides is 1. The average Bonchev–Trinajstić information content (AvgIpc) is 3.37. The number of benzene rings is 3. The highest BCUT2D eigenvalue weighted by Crippen LogP contribution is 2.31. The molecule has 1 saturated heterocycles. The summed E-state index contributed by atoms with van der Waals surface area (Å²) in [6.45, 7) is 4.68. The van der Waals surface area contributed by atoms with Crippen molar-refractivity contribution < 1.29 is 17.9 Å². The maximum Gasteiger partial charge on any atom is 0.261 e. The molecular formula is C27H28ClN5O4S2. The van der Waals surface area contributed by atoms with Crippen molar-refractivity contribution >= 4 is 59.9 Å². The number of aromatic nitrogens is 1. The van der Waals surface area contributed by atoms with Gasteiger partial charge in [0, 0.05) is 55.5 Å². The highest BCUT2D eigenvalue weighted by atomic mass is 35.5. The van der Waals surface area contributed by atoms with Gasteiger partial charge in [0.2, 0.25) is 0 Å². The molecule has 0 aliphatic carbocycles. The van der Waals surface area contributed by atoms with Crippen molar-refractivity contribution in [1.82, 2.24) is 15.2 Å². The van der Waals surface area contributed by atoms with Crippen LogP contribution < -0.4 is 19.7 Å². The first-order valence-electron chi connectivity index (χ1n) is 12.4. The van der Waals surface area contributed by atoms with Gasteiger partial charge in [-0.1, -0.05) is 29.0 Å². The first-order valence-corrected chi connectivity index (χ1v) is 15.1. The Bertz CT molecular complexity index is 1570. The van der Waals surface area contributed by atoms with Crippen LogP contribution in [0.25, 0.3) is 10.2 Å². The SMILES string of the molecule is COc1ccc2nc(N3CCN(CCNC(=O)c4cccc(NS(=O)(=O)c5ccc(Cl)cc5)c4)CC3)sc2c1. The molecule has 1 amide bonds. The molecular weight excluding hydrogens is 558 g/mol. The van der Waals surface area contributed by atoms with Gasteiger partial charge in [-0.2, -0.15) is 0 Å². The third kappa shape index (κ3) is 6.62. The summed E-state index contributed by atoms with van der Waals surface area (Å²) in [5, 5.41) is 4.40. The zero-order valence-electron chi connectivity index (χ0n) is 21.3. The van der Waals surface area contributed by atoms with Crippen LogP contribution >= 0.6 is 22.9 Å². The third-order valence-electron chi connectivity index (χ3n) is 6.44. The monoisotopic (exact) mass is 585 g/mol. The molecule has 0 atom stereocenters. The topological polar surface area (TPSA) is 104 Å². The summed E-state index contributed by atoms with van der Waals surface area (Å²) >= 11 is 7.52. The van der Waals surface area contributed by atoms with Crippen molar-refractivity contribution in [2.24, 2.45) is 0 Å². The van der Waals surface area contributed by atoms with Crippen molar-refractivity contribution in [2.45, 2.75) is 4.90 Å². The second-order valence-electron chi connectivity index (χ2n) is 9.05. The van der Waals surface area contributed by atoms with Gasteiger partial charge in [0.1, 0.15) is 5.75 Å². The number of methoxy groups -OCH3 is 1. The van der Waals surface area contributed by atoms with E-state index >= 15 is 0 Å². The number of nitrogens with one attached hydrogen (secondary N) is 2. The van der Waals surface area contributed by atoms with E-state index in [1.807, 2.05) is 18.2 Å². The number of rotatable bonds is 9. The van der Waals surface area contributed by atoms with Crippen molar-refractivity contribution in [1.29, 1.82) is 0 Å². The molecule has 12 heteroatoms. The van der Waals surface area contributed by atoms with E-state index in [9.17, 15) is 13.2 Å². The van der Waals surface area contributed by atoms with Crippen LogP contribution in [0.2, 0.25) is 5.02 Å². The van der Waals surface area contributed by atoms with Crippen molar-refractivity contribution in [3.8, 4) is 5.75 Å². The summed E-state index contributed by atoms with van der Waals surface area (Å²) in [5.74, 6) is 0.571. The van der Waals surface area contributed by atoms with E-state index in [1.54, 1.807) is 36.6 Å². The fourth-order valence-corrected chi connectivity index (χ4v) is 6.52. The molecule has 0 saturated carbocycles. The Kier molecular flexibility index (Phi) is 8.22. The van der Waals surface area contributed by atoms with Crippen LogP contribution in [0, 0.1) is 0 Å². The Labute approximate surface area is 236 Å². The van der Waals surface area contributed by atoms with Crippen LogP contribution in [0.1, 0.15) is 10.4 Å². The number of anilines is 2. The van der Waals surface area contributed by atoms with Crippen LogP contribution in [0.5, 0.6) is 5.75 Å². The molecule has 204 valence electrons. The number of halogens is 1. The fraction of sp³-hybridized carbons (Fsp3) is 0.259. The second-order valence-corrected chi connectivity index (χ2v) is 12.2. The van der Waals surface area contributed by atoms with Gasteiger partial charge >= 0.3 is 0 Å². The molecule has 5 rings (SSSR count). The van der Waals surface area contributed by atoms with Crippen LogP contribution in [-0.2, 0) is 10.0 Å². The number of thiazole rings is 1. The van der Waals surface area contributed by atoms with Crippen molar-refractivity contribution in [3.05, 3.63) is 77.3 Å². The summed E-state index contributed by atoms with van der Waals surface area (Å²) < 4.78 is 34.2. The van der Waals surface area contributed by atoms with Gasteiger partial charge in [-0.3, -0.25) is 14.4 Å². The molecule has 2 N–H and O–H groups in total. The molecule has 0 spiro atoms. The van der Waals surface area contributed by atoms with Crippen molar-refractivity contribution in [2.75, 3.05) is 56.0 Å². The summed E-state index contributed by atoms with van der Waals surface area (Å²) in [4.78, 5) is 22.2. The van der Waals surface area contributed by atoms with E-state index in [1.165, 1.54) is 30.3 Å². The van der Waals surface area contributed by atoms with E-state index in [2.05, 4.69) is 19.8 Å². The van der Waals surface area contributed by atoms with E-state index in [0.717, 1.165) is 53.8 Å². The number of nitrogens with zero attached hydrogens (tertiary/aromatic N) is 3. The first-order chi connectivity index (χ1) is 18.8. The number of hydrogen-bond donors (Lipinski definition) is 2. The van der Waals surface area contributed by atoms with E-state index in [-0.39, 0.29) is 10.8 Å². The van der Waals surface area contributed by atoms with Gasteiger partial charge in [-0.05, 0) is 60.7 Å². The standard InChI is InChI=1S/C27H28ClN5O4S2/c1-37-22-7-10-24-25(18-22)38-27(30-24)33-15-13-32(14-16-33)12-11-29-26(34)19-3-2-4-21(17-19)31-39(35,36)23-8-5-20(28)6-9-23/h2-10,17-18,31H,11-16H2,1H3,(H,29,34). The molecule has 0 radical (unpaired) electrons. The van der Waals surface area contributed by atoms with Crippen LogP contribution in [-0.4, -0.2) is 70.6 Å². The zero-order chi connectivity index (χ0) is 27.4. The molecule has 3 aromatic carbocycles. The van der Waals surface area contributed by atoms with E-state index < -0.39 is 10.0 Å². The quantitative estimate of drug-likeness (QED) is 0.302. The number of hydrogen-bond acceptors (Lipinski definition) is 8. The normalized spacial score (nSPS) is 14.4. The van der Waals surface area contributed by atoms with Gasteiger partial charge in [0.25, 0.3) is 15.9 Å². The minimum absolute atomic E-state index is 0.0882. The molecule has 39 heavy (non-hydrogen) atoms. The molecule has 9 nitrogen and oxygen atoms in total. The third-order valence-corrected chi connectivity index (χ3v) is 9.17. The van der Waals surface area contributed by atoms with Gasteiger partial charge in [0.05, 0.1) is 22.2 Å². The second kappa shape index (κ2) is 11.8. The van der Waals surface area contributed by atoms with Gasteiger partial charge in [-0.25, -0.2) is 13.4 Å². The highest BCUT2D eigenvalue weighted by Gasteiger charge is 2.20. The largest absolute Gasteiger partial charge is 0.497 e. The first kappa shape index (κ1) is 27.2. The summed E-state index contributed by atoms with van der Waals surface area (Å²) in [7, 11) is -2.14. The lowest BCUT2D eigenvalue weighted by atomic mass is 10.2. The summed E-state index contributed by atoms with van der Waals surface area (Å²) in [6, 6.07) is 18.2. The number of carbonyl (C=O) groups is 1. The Morgan fingerprint density at radius 2 is 1.82 bits per heavy atom. The Morgan fingerprint density at radius 1 is 1.05 bits per heavy atom. The van der Waals surface area contributed by atoms with Crippen LogP contribution in [0.4, 0.5) is 10.8 Å². The fourth-order valence-electron chi connectivity index (χ4n) is 4.30. The zero-order valence-corrected chi connectivity index (χ0v) is 23.7. The molecule has 0 bridgehead atoms. The predicted octanol–water partition coefficient (Wildman–Crippen LogP) is 4.31. The van der Waals surface area contributed by atoms with Crippen LogP contribution in [0.3, 0.4) is 0 Å². The highest BCUT2D eigenvalue weighted by molar-refractivity contribution is 7.92. The maximum absolute atomic E-state index is 12.7. The Hall–Kier alpha value is -3.38.